The molecule has 0 aliphatic rings. The van der Waals surface area contributed by atoms with Crippen LogP contribution in [0.15, 0.2) is 48.7 Å². The Morgan fingerprint density at radius 2 is 1.93 bits per heavy atom. The fourth-order valence-electron chi connectivity index (χ4n) is 2.75. The van der Waals surface area contributed by atoms with Crippen molar-refractivity contribution in [3.8, 4) is 5.75 Å². The number of ether oxygens (including phenoxy) is 1. The van der Waals surface area contributed by atoms with Crippen LogP contribution in [-0.4, -0.2) is 34.4 Å². The highest BCUT2D eigenvalue weighted by molar-refractivity contribution is 6.02. The van der Waals surface area contributed by atoms with Gasteiger partial charge in [-0.1, -0.05) is 37.6 Å². The molecule has 0 aliphatic carbocycles. The molecular weight excluding hydrogens is 356 g/mol. The molecule has 0 radical (unpaired) electrons. The van der Waals surface area contributed by atoms with Gasteiger partial charge in [0.05, 0.1) is 0 Å². The van der Waals surface area contributed by atoms with Gasteiger partial charge in [-0.2, -0.15) is 0 Å². The van der Waals surface area contributed by atoms with Crippen molar-refractivity contribution in [2.75, 3.05) is 18.5 Å². The van der Waals surface area contributed by atoms with E-state index in [4.69, 9.17) is 4.74 Å². The molecule has 2 aromatic heterocycles. The second-order valence-electron chi connectivity index (χ2n) is 6.50. The number of rotatable bonds is 8. The summed E-state index contributed by atoms with van der Waals surface area (Å²) in [6.07, 6.45) is 3.69. The first-order valence-corrected chi connectivity index (χ1v) is 9.33. The molecule has 2 heterocycles. The van der Waals surface area contributed by atoms with E-state index in [0.29, 0.717) is 23.6 Å². The van der Waals surface area contributed by atoms with Gasteiger partial charge >= 0.3 is 0 Å². The molecule has 0 saturated carbocycles. The summed E-state index contributed by atoms with van der Waals surface area (Å²) in [6.45, 7) is 4.39. The molecule has 3 rings (SSSR count). The largest absolute Gasteiger partial charge is 0.484 e. The SMILES string of the molecule is CCCCNC(=O)c1c(NC(=O)COc2ccccc2)nc2ccc(C)cn12. The van der Waals surface area contributed by atoms with Crippen LogP contribution in [0.2, 0.25) is 0 Å². The number of fused-ring (bicyclic) bond motifs is 1. The molecule has 146 valence electrons. The Morgan fingerprint density at radius 1 is 1.14 bits per heavy atom. The van der Waals surface area contributed by atoms with E-state index in [2.05, 4.69) is 22.5 Å². The molecule has 28 heavy (non-hydrogen) atoms. The lowest BCUT2D eigenvalue weighted by atomic mass is 10.3. The lowest BCUT2D eigenvalue weighted by Crippen LogP contribution is -2.28. The summed E-state index contributed by atoms with van der Waals surface area (Å²) >= 11 is 0. The van der Waals surface area contributed by atoms with Gasteiger partial charge in [0.2, 0.25) is 0 Å². The van der Waals surface area contributed by atoms with E-state index >= 15 is 0 Å². The van der Waals surface area contributed by atoms with Crippen molar-refractivity contribution in [2.24, 2.45) is 0 Å². The third kappa shape index (κ3) is 4.68. The van der Waals surface area contributed by atoms with Crippen molar-refractivity contribution in [1.82, 2.24) is 14.7 Å². The minimum atomic E-state index is -0.383. The number of benzene rings is 1. The van der Waals surface area contributed by atoms with Crippen LogP contribution in [0.1, 0.15) is 35.8 Å². The van der Waals surface area contributed by atoms with Crippen LogP contribution in [0, 0.1) is 6.92 Å². The molecule has 0 bridgehead atoms. The molecule has 7 heteroatoms. The average Bonchev–Trinajstić information content (AvgIpc) is 3.04. The number of aromatic nitrogens is 2. The maximum atomic E-state index is 12.7. The minimum absolute atomic E-state index is 0.173. The van der Waals surface area contributed by atoms with Gasteiger partial charge in [0.1, 0.15) is 11.4 Å². The van der Waals surface area contributed by atoms with Crippen molar-refractivity contribution in [2.45, 2.75) is 26.7 Å². The number of nitrogens with one attached hydrogen (secondary N) is 2. The Labute approximate surface area is 163 Å². The Balaban J connectivity index is 1.79. The second kappa shape index (κ2) is 9.03. The molecule has 2 amide bonds. The highest BCUT2D eigenvalue weighted by atomic mass is 16.5. The lowest BCUT2D eigenvalue weighted by molar-refractivity contribution is -0.118. The molecule has 0 saturated heterocycles. The number of carbonyl (C=O) groups excluding carboxylic acids is 2. The number of hydrogen-bond acceptors (Lipinski definition) is 4. The van der Waals surface area contributed by atoms with Crippen molar-refractivity contribution in [3.63, 3.8) is 0 Å². The normalized spacial score (nSPS) is 10.6. The smallest absolute Gasteiger partial charge is 0.272 e. The molecule has 1 aromatic carbocycles. The van der Waals surface area contributed by atoms with E-state index in [9.17, 15) is 9.59 Å². The molecule has 0 unspecified atom stereocenters. The van der Waals surface area contributed by atoms with E-state index in [0.717, 1.165) is 18.4 Å². The van der Waals surface area contributed by atoms with Crippen LogP contribution in [0.4, 0.5) is 5.82 Å². The summed E-state index contributed by atoms with van der Waals surface area (Å²) in [4.78, 5) is 29.5. The Kier molecular flexibility index (Phi) is 6.26. The van der Waals surface area contributed by atoms with Gasteiger partial charge in [-0.15, -0.1) is 0 Å². The van der Waals surface area contributed by atoms with E-state index in [1.165, 1.54) is 0 Å². The van der Waals surface area contributed by atoms with Crippen LogP contribution >= 0.6 is 0 Å². The third-order valence-electron chi connectivity index (χ3n) is 4.17. The predicted molar refractivity (Wildman–Crippen MR) is 108 cm³/mol. The van der Waals surface area contributed by atoms with Crippen LogP contribution in [-0.2, 0) is 4.79 Å². The standard InChI is InChI=1S/C21H24N4O3/c1-3-4-12-22-21(27)19-20(23-17-11-10-15(2)13-25(17)19)24-18(26)14-28-16-8-6-5-7-9-16/h5-11,13H,3-4,12,14H2,1-2H3,(H,22,27)(H,24,26). The number of pyridine rings is 1. The molecule has 0 fully saturated rings. The maximum Gasteiger partial charge on any atom is 0.272 e. The van der Waals surface area contributed by atoms with Gasteiger partial charge < -0.3 is 15.4 Å². The molecule has 3 aromatic rings. The van der Waals surface area contributed by atoms with E-state index in [1.807, 2.05) is 43.5 Å². The topological polar surface area (TPSA) is 84.7 Å². The zero-order valence-corrected chi connectivity index (χ0v) is 16.1. The number of amides is 2. The summed E-state index contributed by atoms with van der Waals surface area (Å²) in [5, 5.41) is 5.59. The van der Waals surface area contributed by atoms with Gasteiger partial charge in [0.15, 0.2) is 18.1 Å². The molecule has 0 aliphatic heterocycles. The number of nitrogens with zero attached hydrogens (tertiary/aromatic N) is 2. The zero-order chi connectivity index (χ0) is 19.9. The number of anilines is 1. The van der Waals surface area contributed by atoms with Gasteiger partial charge in [0, 0.05) is 12.7 Å². The Morgan fingerprint density at radius 3 is 2.68 bits per heavy atom. The summed E-state index contributed by atoms with van der Waals surface area (Å²) < 4.78 is 7.16. The van der Waals surface area contributed by atoms with Crippen molar-refractivity contribution >= 4 is 23.3 Å². The maximum absolute atomic E-state index is 12.7. The van der Waals surface area contributed by atoms with Gasteiger partial charge in [-0.3, -0.25) is 14.0 Å². The van der Waals surface area contributed by atoms with Gasteiger partial charge in [-0.25, -0.2) is 4.98 Å². The summed E-state index contributed by atoms with van der Waals surface area (Å²) in [5.41, 5.74) is 1.88. The average molecular weight is 380 g/mol. The van der Waals surface area contributed by atoms with E-state index in [-0.39, 0.29) is 24.2 Å². The second-order valence-corrected chi connectivity index (χ2v) is 6.50. The number of carbonyl (C=O) groups is 2. The number of imidazole rings is 1. The number of para-hydroxylation sites is 1. The first-order valence-electron chi connectivity index (χ1n) is 9.33. The van der Waals surface area contributed by atoms with Crippen LogP contribution in [0.3, 0.4) is 0 Å². The number of hydrogen-bond donors (Lipinski definition) is 2. The molecule has 7 nitrogen and oxygen atoms in total. The number of unbranched alkanes of at least 4 members (excludes halogenated alkanes) is 1. The molecule has 0 atom stereocenters. The van der Waals surface area contributed by atoms with Gasteiger partial charge in [0.25, 0.3) is 11.8 Å². The molecule has 2 N–H and O–H groups in total. The van der Waals surface area contributed by atoms with Crippen LogP contribution in [0.5, 0.6) is 5.75 Å². The predicted octanol–water partition coefficient (Wildman–Crippen LogP) is 3.19. The molecule has 0 spiro atoms. The van der Waals surface area contributed by atoms with Crippen molar-refractivity contribution in [1.29, 1.82) is 0 Å². The van der Waals surface area contributed by atoms with E-state index < -0.39 is 0 Å². The quantitative estimate of drug-likeness (QED) is 0.588. The minimum Gasteiger partial charge on any atom is -0.484 e. The summed E-state index contributed by atoms with van der Waals surface area (Å²) in [5.74, 6) is 0.166. The van der Waals surface area contributed by atoms with Crippen LogP contribution in [0.25, 0.3) is 5.65 Å². The lowest BCUT2D eigenvalue weighted by Gasteiger charge is -2.09. The summed E-state index contributed by atoms with van der Waals surface area (Å²) in [6, 6.07) is 12.8. The fraction of sp³-hybridized carbons (Fsp3) is 0.286. The first-order chi connectivity index (χ1) is 13.6. The Hall–Kier alpha value is -3.35. The third-order valence-corrected chi connectivity index (χ3v) is 4.17. The van der Waals surface area contributed by atoms with Gasteiger partial charge in [-0.05, 0) is 37.1 Å². The van der Waals surface area contributed by atoms with Crippen LogP contribution < -0.4 is 15.4 Å². The summed E-state index contributed by atoms with van der Waals surface area (Å²) in [7, 11) is 0. The molecular formula is C21H24N4O3. The number of aryl methyl sites for hydroxylation is 1. The van der Waals surface area contributed by atoms with Crippen molar-refractivity contribution < 1.29 is 14.3 Å². The Bertz CT molecular complexity index is 966. The van der Waals surface area contributed by atoms with E-state index in [1.54, 1.807) is 16.5 Å². The highest BCUT2D eigenvalue weighted by Crippen LogP contribution is 2.19. The zero-order valence-electron chi connectivity index (χ0n) is 16.1. The highest BCUT2D eigenvalue weighted by Gasteiger charge is 2.21. The monoisotopic (exact) mass is 380 g/mol. The first kappa shape index (κ1) is 19.4. The fourth-order valence-corrected chi connectivity index (χ4v) is 2.75. The van der Waals surface area contributed by atoms with Crippen molar-refractivity contribution in [3.05, 3.63) is 59.9 Å².